The molecule has 9 heteroatoms. The Morgan fingerprint density at radius 2 is 2.17 bits per heavy atom. The zero-order chi connectivity index (χ0) is 17.3. The third-order valence-electron chi connectivity index (χ3n) is 3.58. The molecule has 0 fully saturated rings. The number of hydrogen-bond donors (Lipinski definition) is 3. The number of phenolic OH excluding ortho intramolecular Hbond substituents is 1. The molecule has 124 valence electrons. The van der Waals surface area contributed by atoms with Crippen molar-refractivity contribution in [3.05, 3.63) is 36.2 Å². The Kier molecular flexibility index (Phi) is 3.90. The van der Waals surface area contributed by atoms with Crippen molar-refractivity contribution in [3.8, 4) is 5.75 Å². The summed E-state index contributed by atoms with van der Waals surface area (Å²) in [4.78, 5) is 17.1. The number of aromatic hydroxyl groups is 1. The van der Waals surface area contributed by atoms with Crippen molar-refractivity contribution in [2.24, 2.45) is 0 Å². The summed E-state index contributed by atoms with van der Waals surface area (Å²) in [5.74, 6) is 0.750. The van der Waals surface area contributed by atoms with Crippen LogP contribution in [0.25, 0.3) is 5.65 Å². The van der Waals surface area contributed by atoms with Crippen molar-refractivity contribution in [1.82, 2.24) is 19.6 Å². The van der Waals surface area contributed by atoms with Crippen molar-refractivity contribution in [3.63, 3.8) is 0 Å². The van der Waals surface area contributed by atoms with Crippen LogP contribution in [0.4, 0.5) is 22.2 Å². The van der Waals surface area contributed by atoms with Crippen LogP contribution in [0, 0.1) is 6.92 Å². The van der Waals surface area contributed by atoms with E-state index in [1.807, 2.05) is 24.8 Å². The van der Waals surface area contributed by atoms with Gasteiger partial charge in [-0.15, -0.1) is 10.2 Å². The maximum absolute atomic E-state index is 10.8. The predicted octanol–water partition coefficient (Wildman–Crippen LogP) is 2.39. The minimum Gasteiger partial charge on any atom is -0.508 e. The molecule has 2 heterocycles. The average Bonchev–Trinajstić information content (AvgIpc) is 2.95. The molecule has 1 amide bonds. The molecule has 24 heavy (non-hydrogen) atoms. The van der Waals surface area contributed by atoms with Gasteiger partial charge in [-0.3, -0.25) is 9.72 Å². The van der Waals surface area contributed by atoms with Gasteiger partial charge in [-0.25, -0.2) is 9.78 Å². The molecule has 3 rings (SSSR count). The minimum atomic E-state index is -1.22. The van der Waals surface area contributed by atoms with Gasteiger partial charge in [0.25, 0.3) is 0 Å². The second-order valence-corrected chi connectivity index (χ2v) is 5.11. The molecule has 2 aromatic heterocycles. The number of nitrogens with zero attached hydrogens (tertiary/aromatic N) is 5. The number of carbonyl (C=O) groups is 1. The number of anilines is 3. The van der Waals surface area contributed by atoms with E-state index in [2.05, 4.69) is 20.5 Å². The summed E-state index contributed by atoms with van der Waals surface area (Å²) in [6.07, 6.45) is 1.89. The second-order valence-electron chi connectivity index (χ2n) is 5.11. The quantitative estimate of drug-likeness (QED) is 0.673. The number of rotatable bonds is 4. The number of benzene rings is 1. The maximum Gasteiger partial charge on any atom is 0.411 e. The largest absolute Gasteiger partial charge is 0.508 e. The van der Waals surface area contributed by atoms with Gasteiger partial charge >= 0.3 is 6.09 Å². The highest BCUT2D eigenvalue weighted by atomic mass is 16.4. The standard InChI is InChI=1S/C15H16N6O3/c1-3-20(11-8-10(22)5-4-9(11)2)12-13-18-19-14(17-15(23)24)21(13)7-6-16-12/h4-8,22H,3H2,1-2H3,(H,17,19)(H,23,24). The molecule has 0 radical (unpaired) electrons. The Morgan fingerprint density at radius 1 is 1.38 bits per heavy atom. The van der Waals surface area contributed by atoms with Crippen molar-refractivity contribution >= 4 is 29.2 Å². The molecular weight excluding hydrogens is 312 g/mol. The van der Waals surface area contributed by atoms with Gasteiger partial charge in [0.05, 0.1) is 0 Å². The molecule has 0 saturated heterocycles. The van der Waals surface area contributed by atoms with E-state index >= 15 is 0 Å². The van der Waals surface area contributed by atoms with Crippen LogP contribution in [-0.2, 0) is 0 Å². The van der Waals surface area contributed by atoms with Gasteiger partial charge in [0.2, 0.25) is 11.6 Å². The SMILES string of the molecule is CCN(c1cc(O)ccc1C)c1nccn2c(NC(=O)O)nnc12. The molecule has 0 atom stereocenters. The van der Waals surface area contributed by atoms with Crippen molar-refractivity contribution in [2.75, 3.05) is 16.8 Å². The number of aromatic nitrogens is 4. The molecule has 3 N–H and O–H groups in total. The molecule has 0 aliphatic heterocycles. The van der Waals surface area contributed by atoms with E-state index in [1.54, 1.807) is 24.5 Å². The molecule has 0 unspecified atom stereocenters. The number of amides is 1. The van der Waals surface area contributed by atoms with E-state index in [9.17, 15) is 9.90 Å². The second kappa shape index (κ2) is 6.03. The van der Waals surface area contributed by atoms with E-state index in [1.165, 1.54) is 4.40 Å². The molecule has 0 bridgehead atoms. The predicted molar refractivity (Wildman–Crippen MR) is 88.0 cm³/mol. The zero-order valence-electron chi connectivity index (χ0n) is 13.1. The average molecular weight is 328 g/mol. The van der Waals surface area contributed by atoms with Crippen LogP contribution in [0.2, 0.25) is 0 Å². The van der Waals surface area contributed by atoms with Gasteiger partial charge in [-0.05, 0) is 25.5 Å². The van der Waals surface area contributed by atoms with Crippen LogP contribution < -0.4 is 10.2 Å². The highest BCUT2D eigenvalue weighted by molar-refractivity contribution is 5.82. The fraction of sp³-hybridized carbons (Fsp3) is 0.200. The lowest BCUT2D eigenvalue weighted by Gasteiger charge is -2.24. The van der Waals surface area contributed by atoms with E-state index < -0.39 is 6.09 Å². The Balaban J connectivity index is 2.15. The number of hydrogen-bond acceptors (Lipinski definition) is 6. The van der Waals surface area contributed by atoms with E-state index in [0.717, 1.165) is 11.3 Å². The molecule has 0 aliphatic rings. The highest BCUT2D eigenvalue weighted by Crippen LogP contribution is 2.32. The highest BCUT2D eigenvalue weighted by Gasteiger charge is 2.19. The molecular formula is C15H16N6O3. The van der Waals surface area contributed by atoms with Crippen LogP contribution in [0.3, 0.4) is 0 Å². The number of phenols is 1. The van der Waals surface area contributed by atoms with Crippen molar-refractivity contribution < 1.29 is 15.0 Å². The topological polar surface area (TPSA) is 116 Å². The summed E-state index contributed by atoms with van der Waals surface area (Å²) in [6, 6.07) is 5.08. The van der Waals surface area contributed by atoms with Gasteiger partial charge in [0.1, 0.15) is 5.75 Å². The lowest BCUT2D eigenvalue weighted by atomic mass is 10.1. The zero-order valence-corrected chi connectivity index (χ0v) is 13.1. The molecule has 0 saturated carbocycles. The van der Waals surface area contributed by atoms with Gasteiger partial charge in [0.15, 0.2) is 5.82 Å². The first-order chi connectivity index (χ1) is 11.5. The van der Waals surface area contributed by atoms with Crippen molar-refractivity contribution in [1.29, 1.82) is 0 Å². The fourth-order valence-corrected chi connectivity index (χ4v) is 2.51. The summed E-state index contributed by atoms with van der Waals surface area (Å²) < 4.78 is 1.51. The van der Waals surface area contributed by atoms with Gasteiger partial charge in [-0.2, -0.15) is 0 Å². The first-order valence-electron chi connectivity index (χ1n) is 7.28. The first kappa shape index (κ1) is 15.5. The first-order valence-corrected chi connectivity index (χ1v) is 7.28. The third kappa shape index (κ3) is 2.67. The number of fused-ring (bicyclic) bond motifs is 1. The van der Waals surface area contributed by atoms with Crippen LogP contribution in [0.5, 0.6) is 5.75 Å². The van der Waals surface area contributed by atoms with Gasteiger partial charge in [0, 0.05) is 30.7 Å². The Hall–Kier alpha value is -3.36. The van der Waals surface area contributed by atoms with Crippen LogP contribution in [-0.4, -0.2) is 42.4 Å². The summed E-state index contributed by atoms with van der Waals surface area (Å²) >= 11 is 0. The van der Waals surface area contributed by atoms with Crippen molar-refractivity contribution in [2.45, 2.75) is 13.8 Å². The molecule has 1 aromatic carbocycles. The number of aryl methyl sites for hydroxylation is 1. The Labute approximate surface area is 137 Å². The third-order valence-corrected chi connectivity index (χ3v) is 3.58. The van der Waals surface area contributed by atoms with Crippen LogP contribution in [0.15, 0.2) is 30.6 Å². The van der Waals surface area contributed by atoms with Gasteiger partial charge in [-0.1, -0.05) is 6.07 Å². The molecule has 0 aliphatic carbocycles. The Morgan fingerprint density at radius 3 is 2.88 bits per heavy atom. The smallest absolute Gasteiger partial charge is 0.411 e. The fourth-order valence-electron chi connectivity index (χ4n) is 2.51. The molecule has 3 aromatic rings. The summed E-state index contributed by atoms with van der Waals surface area (Å²) in [5.41, 5.74) is 2.15. The summed E-state index contributed by atoms with van der Waals surface area (Å²) in [7, 11) is 0. The minimum absolute atomic E-state index is 0.0878. The summed E-state index contributed by atoms with van der Waals surface area (Å²) in [5, 5.41) is 28.7. The monoisotopic (exact) mass is 328 g/mol. The number of nitrogens with one attached hydrogen (secondary N) is 1. The maximum atomic E-state index is 10.8. The molecule has 9 nitrogen and oxygen atoms in total. The molecule has 0 spiro atoms. The Bertz CT molecular complexity index is 907. The van der Waals surface area contributed by atoms with Crippen LogP contribution in [0.1, 0.15) is 12.5 Å². The van der Waals surface area contributed by atoms with E-state index in [4.69, 9.17) is 5.11 Å². The van der Waals surface area contributed by atoms with Crippen LogP contribution >= 0.6 is 0 Å². The summed E-state index contributed by atoms with van der Waals surface area (Å²) in [6.45, 7) is 4.45. The lowest BCUT2D eigenvalue weighted by molar-refractivity contribution is 0.209. The normalized spacial score (nSPS) is 10.8. The number of carboxylic acid groups (broad SMARTS) is 1. The van der Waals surface area contributed by atoms with E-state index in [0.29, 0.717) is 18.0 Å². The lowest BCUT2D eigenvalue weighted by Crippen LogP contribution is -2.19. The van der Waals surface area contributed by atoms with Gasteiger partial charge < -0.3 is 15.1 Å². The van der Waals surface area contributed by atoms with E-state index in [-0.39, 0.29) is 11.7 Å².